The number of hydrogen-bond acceptors (Lipinski definition) is 4. The molecule has 0 bridgehead atoms. The van der Waals surface area contributed by atoms with Crippen LogP contribution < -0.4 is 9.46 Å². The van der Waals surface area contributed by atoms with Gasteiger partial charge in [-0.3, -0.25) is 0 Å². The fraction of sp³-hybridized carbons (Fsp3) is 0.600. The monoisotopic (exact) mass is 327 g/mol. The van der Waals surface area contributed by atoms with Gasteiger partial charge in [-0.25, -0.2) is 0 Å². The van der Waals surface area contributed by atoms with E-state index in [4.69, 9.17) is 4.74 Å². The average molecular weight is 327 g/mol. The minimum atomic E-state index is -3.35. The smallest absolute Gasteiger partial charge is 0.279 e. The first-order chi connectivity index (χ1) is 10.4. The molecule has 0 aliphatic carbocycles. The third kappa shape index (κ3) is 4.67. The van der Waals surface area contributed by atoms with Crippen molar-refractivity contribution in [3.8, 4) is 5.75 Å². The predicted molar refractivity (Wildman–Crippen MR) is 87.2 cm³/mol. The molecule has 1 atom stereocenters. The van der Waals surface area contributed by atoms with Crippen molar-refractivity contribution >= 4 is 10.2 Å². The molecule has 22 heavy (non-hydrogen) atoms. The van der Waals surface area contributed by atoms with Gasteiger partial charge >= 0.3 is 0 Å². The molecule has 1 heterocycles. The molecule has 124 valence electrons. The first-order valence-corrected chi connectivity index (χ1v) is 8.93. The van der Waals surface area contributed by atoms with Crippen molar-refractivity contribution in [2.75, 3.05) is 40.8 Å². The molecule has 1 N–H and O–H groups in total. The summed E-state index contributed by atoms with van der Waals surface area (Å²) in [5.41, 5.74) is 0.970. The Bertz CT molecular complexity index is 572. The molecule has 1 fully saturated rings. The van der Waals surface area contributed by atoms with Crippen LogP contribution in [-0.4, -0.2) is 58.5 Å². The lowest BCUT2D eigenvalue weighted by Crippen LogP contribution is -2.46. The van der Waals surface area contributed by atoms with Crippen LogP contribution in [0, 0.1) is 0 Å². The van der Waals surface area contributed by atoms with Gasteiger partial charge in [0.2, 0.25) is 0 Å². The second kappa shape index (κ2) is 7.41. The van der Waals surface area contributed by atoms with Crippen LogP contribution in [0.1, 0.15) is 24.4 Å². The van der Waals surface area contributed by atoms with Crippen molar-refractivity contribution in [2.24, 2.45) is 0 Å². The number of nitrogens with zero attached hydrogens (tertiary/aromatic N) is 2. The van der Waals surface area contributed by atoms with Crippen molar-refractivity contribution in [1.29, 1.82) is 0 Å². The zero-order valence-electron chi connectivity index (χ0n) is 13.4. The van der Waals surface area contributed by atoms with E-state index in [9.17, 15) is 8.42 Å². The Hall–Kier alpha value is -1.15. The van der Waals surface area contributed by atoms with Crippen LogP contribution >= 0.6 is 0 Å². The van der Waals surface area contributed by atoms with E-state index < -0.39 is 10.2 Å². The van der Waals surface area contributed by atoms with Gasteiger partial charge in [-0.15, -0.1) is 0 Å². The molecule has 0 spiro atoms. The Morgan fingerprint density at radius 2 is 2.00 bits per heavy atom. The molecule has 0 unspecified atom stereocenters. The first kappa shape index (κ1) is 17.2. The number of rotatable bonds is 6. The van der Waals surface area contributed by atoms with Crippen LogP contribution in [0.3, 0.4) is 0 Å². The maximum absolute atomic E-state index is 11.8. The summed E-state index contributed by atoms with van der Waals surface area (Å²) in [5, 5.41) is 0. The summed E-state index contributed by atoms with van der Waals surface area (Å²) in [6.07, 6.45) is 1.74. The molecule has 1 aliphatic rings. The maximum Gasteiger partial charge on any atom is 0.279 e. The molecule has 7 heteroatoms. The second-order valence-electron chi connectivity index (χ2n) is 5.86. The Morgan fingerprint density at radius 1 is 1.32 bits per heavy atom. The van der Waals surface area contributed by atoms with E-state index in [1.165, 1.54) is 4.31 Å². The number of nitrogens with one attached hydrogen (secondary N) is 1. The Kier molecular flexibility index (Phi) is 5.80. The van der Waals surface area contributed by atoms with Crippen LogP contribution in [0.15, 0.2) is 24.3 Å². The first-order valence-electron chi connectivity index (χ1n) is 7.49. The fourth-order valence-corrected chi connectivity index (χ4v) is 3.50. The van der Waals surface area contributed by atoms with E-state index in [1.807, 2.05) is 38.4 Å². The molecule has 6 nitrogen and oxygen atoms in total. The number of hydrogen-bond donors (Lipinski definition) is 1. The average Bonchev–Trinajstić information content (AvgIpc) is 2.47. The second-order valence-corrected chi connectivity index (χ2v) is 7.67. The highest BCUT2D eigenvalue weighted by Crippen LogP contribution is 2.25. The van der Waals surface area contributed by atoms with Crippen LogP contribution in [-0.2, 0) is 10.2 Å². The zero-order chi connectivity index (χ0) is 16.2. The summed E-state index contributed by atoms with van der Waals surface area (Å²) in [6.45, 7) is 2.20. The van der Waals surface area contributed by atoms with Gasteiger partial charge in [0.25, 0.3) is 10.2 Å². The van der Waals surface area contributed by atoms with Crippen LogP contribution in [0.2, 0.25) is 0 Å². The highest BCUT2D eigenvalue weighted by atomic mass is 32.2. The van der Waals surface area contributed by atoms with Crippen molar-refractivity contribution in [3.05, 3.63) is 29.8 Å². The Morgan fingerprint density at radius 3 is 2.59 bits per heavy atom. The van der Waals surface area contributed by atoms with E-state index in [1.54, 1.807) is 7.05 Å². The predicted octanol–water partition coefficient (Wildman–Crippen LogP) is 1.23. The van der Waals surface area contributed by atoms with E-state index >= 15 is 0 Å². The summed E-state index contributed by atoms with van der Waals surface area (Å²) >= 11 is 0. The van der Waals surface area contributed by atoms with Crippen LogP contribution in [0.25, 0.3) is 0 Å². The highest BCUT2D eigenvalue weighted by Gasteiger charge is 2.29. The standard InChI is InChI=1S/C15H25N3O3S/c1-17(2)10-4-12-21-14-7-5-13(6-8-14)15-9-11-18(3)22(19,20)16-15/h5-8,15-16H,4,9-12H2,1-3H3/t15-/m0/s1. The largest absolute Gasteiger partial charge is 0.494 e. The van der Waals surface area contributed by atoms with Gasteiger partial charge in [-0.2, -0.15) is 17.4 Å². The summed E-state index contributed by atoms with van der Waals surface area (Å²) in [5.74, 6) is 0.818. The minimum Gasteiger partial charge on any atom is -0.494 e. The summed E-state index contributed by atoms with van der Waals surface area (Å²) in [7, 11) is 2.32. The van der Waals surface area contributed by atoms with E-state index in [0.29, 0.717) is 13.2 Å². The molecule has 0 radical (unpaired) electrons. The summed E-state index contributed by atoms with van der Waals surface area (Å²) in [6, 6.07) is 7.50. The maximum atomic E-state index is 11.8. The van der Waals surface area contributed by atoms with E-state index in [-0.39, 0.29) is 6.04 Å². The van der Waals surface area contributed by atoms with Crippen molar-refractivity contribution in [2.45, 2.75) is 18.9 Å². The molecule has 0 aromatic heterocycles. The lowest BCUT2D eigenvalue weighted by atomic mass is 10.0. The SMILES string of the molecule is CN(C)CCCOc1ccc([C@@H]2CCN(C)S(=O)(=O)N2)cc1. The zero-order valence-corrected chi connectivity index (χ0v) is 14.3. The fourth-order valence-electron chi connectivity index (χ4n) is 2.36. The third-order valence-corrected chi connectivity index (χ3v) is 5.32. The lowest BCUT2D eigenvalue weighted by molar-refractivity contribution is 0.281. The number of benzene rings is 1. The Labute approximate surface area is 133 Å². The van der Waals surface area contributed by atoms with E-state index in [2.05, 4.69) is 9.62 Å². The van der Waals surface area contributed by atoms with Gasteiger partial charge in [0.1, 0.15) is 5.75 Å². The van der Waals surface area contributed by atoms with Gasteiger partial charge in [-0.05, 0) is 44.6 Å². The summed E-state index contributed by atoms with van der Waals surface area (Å²) in [4.78, 5) is 2.12. The van der Waals surface area contributed by atoms with Crippen molar-refractivity contribution in [1.82, 2.24) is 13.9 Å². The molecular formula is C15H25N3O3S. The summed E-state index contributed by atoms with van der Waals surface area (Å²) < 4.78 is 33.4. The lowest BCUT2D eigenvalue weighted by Gasteiger charge is -2.30. The van der Waals surface area contributed by atoms with Crippen LogP contribution in [0.4, 0.5) is 0 Å². The highest BCUT2D eigenvalue weighted by molar-refractivity contribution is 7.87. The quantitative estimate of drug-likeness (QED) is 0.798. The third-order valence-electron chi connectivity index (χ3n) is 3.74. The molecule has 1 aromatic rings. The number of ether oxygens (including phenoxy) is 1. The minimum absolute atomic E-state index is 0.163. The molecule has 1 aliphatic heterocycles. The molecule has 2 rings (SSSR count). The van der Waals surface area contributed by atoms with Gasteiger partial charge in [0.05, 0.1) is 6.61 Å². The Balaban J connectivity index is 1.89. The molecule has 0 amide bonds. The van der Waals surface area contributed by atoms with Crippen LogP contribution in [0.5, 0.6) is 5.75 Å². The van der Waals surface area contributed by atoms with Crippen molar-refractivity contribution in [3.63, 3.8) is 0 Å². The van der Waals surface area contributed by atoms with Gasteiger partial charge in [-0.1, -0.05) is 12.1 Å². The van der Waals surface area contributed by atoms with Gasteiger partial charge in [0, 0.05) is 26.2 Å². The molecule has 1 aromatic carbocycles. The topological polar surface area (TPSA) is 61.9 Å². The normalized spacial score (nSPS) is 21.9. The van der Waals surface area contributed by atoms with E-state index in [0.717, 1.165) is 30.7 Å². The molecule has 0 saturated carbocycles. The van der Waals surface area contributed by atoms with Gasteiger partial charge in [0.15, 0.2) is 0 Å². The molecular weight excluding hydrogens is 302 g/mol. The molecule has 1 saturated heterocycles. The van der Waals surface area contributed by atoms with Gasteiger partial charge < -0.3 is 9.64 Å². The van der Waals surface area contributed by atoms with Crippen molar-refractivity contribution < 1.29 is 13.2 Å².